The van der Waals surface area contributed by atoms with E-state index in [2.05, 4.69) is 5.32 Å². The van der Waals surface area contributed by atoms with Crippen molar-refractivity contribution in [3.05, 3.63) is 81.0 Å². The molecule has 2 aliphatic rings. The van der Waals surface area contributed by atoms with Crippen molar-refractivity contribution in [1.29, 1.82) is 0 Å². The lowest BCUT2D eigenvalue weighted by atomic mass is 9.95. The number of rotatable bonds is 4. The van der Waals surface area contributed by atoms with Crippen LogP contribution in [0.15, 0.2) is 59.8 Å². The molecule has 2 heterocycles. The zero-order chi connectivity index (χ0) is 21.6. The van der Waals surface area contributed by atoms with Gasteiger partial charge in [0.1, 0.15) is 0 Å². The van der Waals surface area contributed by atoms with Crippen LogP contribution in [0.1, 0.15) is 22.0 Å². The summed E-state index contributed by atoms with van der Waals surface area (Å²) in [5, 5.41) is 22.9. The van der Waals surface area contributed by atoms with Crippen LogP contribution in [-0.4, -0.2) is 46.4 Å². The van der Waals surface area contributed by atoms with Gasteiger partial charge in [-0.25, -0.2) is 9.59 Å². The number of hydrogen-bond acceptors (Lipinski definition) is 5. The van der Waals surface area contributed by atoms with Crippen molar-refractivity contribution in [2.45, 2.75) is 6.04 Å². The Kier molecular flexibility index (Phi) is 4.46. The van der Waals surface area contributed by atoms with Gasteiger partial charge in [-0.2, -0.15) is 0 Å². The molecule has 30 heavy (non-hydrogen) atoms. The Hall–Kier alpha value is -4.21. The highest BCUT2D eigenvalue weighted by Crippen LogP contribution is 2.38. The first-order valence-corrected chi connectivity index (χ1v) is 8.94. The molecule has 1 atom stereocenters. The molecule has 2 aliphatic heterocycles. The SMILES string of the molecule is CN1C(=O)NC(c2cccc([N+](=O)[O-])c2)C2=C1CN(c1ccc(C(=O)O)cc1)C2=O. The molecule has 0 spiro atoms. The number of carbonyl (C=O) groups is 3. The Balaban J connectivity index is 1.73. The predicted molar refractivity (Wildman–Crippen MR) is 105 cm³/mol. The van der Waals surface area contributed by atoms with E-state index in [1.54, 1.807) is 13.1 Å². The van der Waals surface area contributed by atoms with Crippen molar-refractivity contribution in [1.82, 2.24) is 10.2 Å². The number of urea groups is 1. The second-order valence-corrected chi connectivity index (χ2v) is 6.90. The number of aromatic carboxylic acids is 1. The van der Waals surface area contributed by atoms with Gasteiger partial charge in [0, 0.05) is 24.9 Å². The number of carbonyl (C=O) groups excluding carboxylic acids is 2. The molecule has 0 saturated heterocycles. The van der Waals surface area contributed by atoms with Crippen LogP contribution in [0.5, 0.6) is 0 Å². The molecule has 0 aromatic heterocycles. The van der Waals surface area contributed by atoms with Crippen LogP contribution in [0.3, 0.4) is 0 Å². The van der Waals surface area contributed by atoms with Gasteiger partial charge in [0.05, 0.1) is 34.3 Å². The van der Waals surface area contributed by atoms with Crippen LogP contribution in [0.25, 0.3) is 0 Å². The molecule has 2 aromatic carbocycles. The number of amides is 3. The molecule has 10 nitrogen and oxygen atoms in total. The van der Waals surface area contributed by atoms with Gasteiger partial charge in [0.2, 0.25) is 0 Å². The maximum absolute atomic E-state index is 13.3. The minimum absolute atomic E-state index is 0.0894. The zero-order valence-corrected chi connectivity index (χ0v) is 15.7. The Bertz CT molecular complexity index is 1120. The summed E-state index contributed by atoms with van der Waals surface area (Å²) in [5.74, 6) is -1.44. The summed E-state index contributed by atoms with van der Waals surface area (Å²) in [6.45, 7) is 0.121. The lowest BCUT2D eigenvalue weighted by Crippen LogP contribution is -2.45. The van der Waals surface area contributed by atoms with Gasteiger partial charge < -0.3 is 15.3 Å². The van der Waals surface area contributed by atoms with Crippen molar-refractivity contribution in [3.8, 4) is 0 Å². The third kappa shape index (κ3) is 3.04. The van der Waals surface area contributed by atoms with Crippen molar-refractivity contribution in [3.63, 3.8) is 0 Å². The maximum atomic E-state index is 13.3. The number of carboxylic acids is 1. The fraction of sp³-hybridized carbons (Fsp3) is 0.150. The molecule has 0 aliphatic carbocycles. The monoisotopic (exact) mass is 408 g/mol. The molecule has 2 aromatic rings. The van der Waals surface area contributed by atoms with Crippen LogP contribution >= 0.6 is 0 Å². The second kappa shape index (κ2) is 6.99. The highest BCUT2D eigenvalue weighted by Gasteiger charge is 2.43. The number of nitrogens with one attached hydrogen (secondary N) is 1. The quantitative estimate of drug-likeness (QED) is 0.589. The number of benzene rings is 2. The smallest absolute Gasteiger partial charge is 0.335 e. The molecule has 0 bridgehead atoms. The van der Waals surface area contributed by atoms with Gasteiger partial charge in [-0.1, -0.05) is 12.1 Å². The lowest BCUT2D eigenvalue weighted by molar-refractivity contribution is -0.384. The fourth-order valence-electron chi connectivity index (χ4n) is 3.63. The van der Waals surface area contributed by atoms with Crippen molar-refractivity contribution in [2.75, 3.05) is 18.5 Å². The van der Waals surface area contributed by atoms with E-state index in [1.807, 2.05) is 0 Å². The summed E-state index contributed by atoms with van der Waals surface area (Å²) >= 11 is 0. The standard InChI is InChI=1S/C20H16N4O6/c1-22-15-10-23(13-7-5-11(6-8-13)19(26)27)18(25)16(15)17(21-20(22)28)12-3-2-4-14(9-12)24(29)30/h2-9,17H,10H2,1H3,(H,21,28)(H,26,27). The van der Waals surface area contributed by atoms with Gasteiger partial charge in [0.15, 0.2) is 0 Å². The van der Waals surface area contributed by atoms with E-state index in [4.69, 9.17) is 5.11 Å². The summed E-state index contributed by atoms with van der Waals surface area (Å²) in [4.78, 5) is 50.2. The molecular formula is C20H16N4O6. The molecule has 0 saturated carbocycles. The molecule has 1 unspecified atom stereocenters. The van der Waals surface area contributed by atoms with Crippen molar-refractivity contribution < 1.29 is 24.4 Å². The van der Waals surface area contributed by atoms with E-state index >= 15 is 0 Å². The van der Waals surface area contributed by atoms with Gasteiger partial charge in [-0.05, 0) is 29.8 Å². The lowest BCUT2D eigenvalue weighted by Gasteiger charge is -2.30. The minimum atomic E-state index is -1.08. The number of carboxylic acid groups (broad SMARTS) is 1. The summed E-state index contributed by atoms with van der Waals surface area (Å²) in [6.07, 6.45) is 0. The molecule has 2 N–H and O–H groups in total. The van der Waals surface area contributed by atoms with E-state index in [0.717, 1.165) is 0 Å². The normalized spacial score (nSPS) is 18.4. The zero-order valence-electron chi connectivity index (χ0n) is 15.7. The van der Waals surface area contributed by atoms with E-state index in [-0.39, 0.29) is 23.7 Å². The Morgan fingerprint density at radius 1 is 1.20 bits per heavy atom. The van der Waals surface area contributed by atoms with Gasteiger partial charge in [0.25, 0.3) is 11.6 Å². The number of hydrogen-bond donors (Lipinski definition) is 2. The van der Waals surface area contributed by atoms with E-state index in [1.165, 1.54) is 52.3 Å². The molecular weight excluding hydrogens is 392 g/mol. The fourth-order valence-corrected chi connectivity index (χ4v) is 3.63. The molecule has 10 heteroatoms. The Morgan fingerprint density at radius 2 is 1.90 bits per heavy atom. The van der Waals surface area contributed by atoms with Crippen LogP contribution in [0.4, 0.5) is 16.2 Å². The van der Waals surface area contributed by atoms with Gasteiger partial charge in [-0.15, -0.1) is 0 Å². The number of likely N-dealkylation sites (N-methyl/N-ethyl adjacent to an activating group) is 1. The van der Waals surface area contributed by atoms with E-state index < -0.39 is 23.0 Å². The Labute approximate surface area is 170 Å². The van der Waals surface area contributed by atoms with Crippen LogP contribution in [0, 0.1) is 10.1 Å². The number of non-ortho nitro benzene ring substituents is 1. The van der Waals surface area contributed by atoms with Crippen molar-refractivity contribution >= 4 is 29.3 Å². The van der Waals surface area contributed by atoms with Crippen molar-refractivity contribution in [2.24, 2.45) is 0 Å². The molecule has 3 amide bonds. The summed E-state index contributed by atoms with van der Waals surface area (Å²) in [6, 6.07) is 10.4. The van der Waals surface area contributed by atoms with Crippen LogP contribution in [-0.2, 0) is 4.79 Å². The molecule has 0 radical (unpaired) electrons. The van der Waals surface area contributed by atoms with Gasteiger partial charge in [-0.3, -0.25) is 19.8 Å². The number of nitrogens with zero attached hydrogens (tertiary/aromatic N) is 3. The average Bonchev–Trinajstić information content (AvgIpc) is 3.08. The average molecular weight is 408 g/mol. The van der Waals surface area contributed by atoms with E-state index in [9.17, 15) is 24.5 Å². The first-order valence-electron chi connectivity index (χ1n) is 8.94. The third-order valence-electron chi connectivity index (χ3n) is 5.20. The first-order chi connectivity index (χ1) is 14.3. The molecule has 4 rings (SSSR count). The molecule has 0 fully saturated rings. The van der Waals surface area contributed by atoms with Crippen LogP contribution in [0.2, 0.25) is 0 Å². The highest BCUT2D eigenvalue weighted by molar-refractivity contribution is 6.11. The second-order valence-electron chi connectivity index (χ2n) is 6.90. The topological polar surface area (TPSA) is 133 Å². The molecule has 152 valence electrons. The summed E-state index contributed by atoms with van der Waals surface area (Å²) < 4.78 is 0. The number of anilines is 1. The largest absolute Gasteiger partial charge is 0.478 e. The summed E-state index contributed by atoms with van der Waals surface area (Å²) in [7, 11) is 1.54. The Morgan fingerprint density at radius 3 is 2.53 bits per heavy atom. The van der Waals surface area contributed by atoms with Crippen LogP contribution < -0.4 is 10.2 Å². The highest BCUT2D eigenvalue weighted by atomic mass is 16.6. The minimum Gasteiger partial charge on any atom is -0.478 e. The van der Waals surface area contributed by atoms with Gasteiger partial charge >= 0.3 is 12.0 Å². The number of nitro groups is 1. The third-order valence-corrected chi connectivity index (χ3v) is 5.20. The maximum Gasteiger partial charge on any atom is 0.335 e. The summed E-state index contributed by atoms with van der Waals surface area (Å²) in [5.41, 5.74) is 1.66. The first kappa shape index (κ1) is 19.1. The van der Waals surface area contributed by atoms with E-state index in [0.29, 0.717) is 22.5 Å². The number of nitro benzene ring substituents is 1. The predicted octanol–water partition coefficient (Wildman–Crippen LogP) is 2.29.